The zero-order valence-electron chi connectivity index (χ0n) is 13.0. The number of anilines is 1. The highest BCUT2D eigenvalue weighted by Gasteiger charge is 2.44. The largest absolute Gasteiger partial charge is 0.375 e. The fourth-order valence-electron chi connectivity index (χ4n) is 2.71. The molecule has 122 valence electrons. The smallest absolute Gasteiger partial charge is 0.261 e. The van der Waals surface area contributed by atoms with Gasteiger partial charge in [0.05, 0.1) is 0 Å². The Morgan fingerprint density at radius 3 is 2.62 bits per heavy atom. The Morgan fingerprint density at radius 1 is 1.12 bits per heavy atom. The molecular formula is C19H18N2O3. The summed E-state index contributed by atoms with van der Waals surface area (Å²) in [5.74, 6) is -0.730. The summed E-state index contributed by atoms with van der Waals surface area (Å²) < 4.78 is 0. The first kappa shape index (κ1) is 16.0. The van der Waals surface area contributed by atoms with Gasteiger partial charge in [-0.05, 0) is 17.7 Å². The van der Waals surface area contributed by atoms with E-state index in [9.17, 15) is 14.7 Å². The SMILES string of the molecule is O=C(/C=C/c1ccccc1)NCCC1(O)C(=O)Nc2ccccc21. The summed E-state index contributed by atoms with van der Waals surface area (Å²) in [6, 6.07) is 16.5. The lowest BCUT2D eigenvalue weighted by atomic mass is 9.92. The number of hydrogen-bond acceptors (Lipinski definition) is 3. The highest BCUT2D eigenvalue weighted by Crippen LogP contribution is 2.37. The van der Waals surface area contributed by atoms with Crippen LogP contribution in [0.2, 0.25) is 0 Å². The predicted octanol–water partition coefficient (Wildman–Crippen LogP) is 2.05. The summed E-state index contributed by atoms with van der Waals surface area (Å²) in [5.41, 5.74) is 0.479. The molecule has 5 nitrogen and oxygen atoms in total. The van der Waals surface area contributed by atoms with E-state index in [1.54, 1.807) is 30.3 Å². The molecule has 24 heavy (non-hydrogen) atoms. The molecule has 2 amide bonds. The van der Waals surface area contributed by atoms with Crippen molar-refractivity contribution in [3.8, 4) is 0 Å². The minimum atomic E-state index is -1.60. The average molecular weight is 322 g/mol. The van der Waals surface area contributed by atoms with Gasteiger partial charge in [-0.3, -0.25) is 9.59 Å². The summed E-state index contributed by atoms with van der Waals surface area (Å²) in [6.45, 7) is 0.191. The van der Waals surface area contributed by atoms with Crippen molar-refractivity contribution < 1.29 is 14.7 Å². The number of nitrogens with one attached hydrogen (secondary N) is 2. The van der Waals surface area contributed by atoms with Crippen LogP contribution in [0.25, 0.3) is 6.08 Å². The van der Waals surface area contributed by atoms with E-state index in [1.807, 2.05) is 30.3 Å². The van der Waals surface area contributed by atoms with Gasteiger partial charge in [0.2, 0.25) is 5.91 Å². The van der Waals surface area contributed by atoms with E-state index in [2.05, 4.69) is 10.6 Å². The Morgan fingerprint density at radius 2 is 1.83 bits per heavy atom. The zero-order chi connectivity index (χ0) is 17.0. The minimum Gasteiger partial charge on any atom is -0.375 e. The van der Waals surface area contributed by atoms with Crippen LogP contribution >= 0.6 is 0 Å². The molecule has 2 aromatic rings. The lowest BCUT2D eigenvalue weighted by molar-refractivity contribution is -0.134. The lowest BCUT2D eigenvalue weighted by Gasteiger charge is -2.20. The number of amides is 2. The molecule has 1 atom stereocenters. The van der Waals surface area contributed by atoms with Crippen molar-refractivity contribution in [2.45, 2.75) is 12.0 Å². The van der Waals surface area contributed by atoms with Crippen molar-refractivity contribution in [2.75, 3.05) is 11.9 Å². The van der Waals surface area contributed by atoms with E-state index in [4.69, 9.17) is 0 Å². The second kappa shape index (κ2) is 6.68. The molecule has 3 N–H and O–H groups in total. The van der Waals surface area contributed by atoms with E-state index < -0.39 is 11.5 Å². The number of fused-ring (bicyclic) bond motifs is 1. The molecule has 1 unspecified atom stereocenters. The standard InChI is InChI=1S/C19H18N2O3/c22-17(11-10-14-6-2-1-3-7-14)20-13-12-19(24)15-8-4-5-9-16(15)21-18(19)23/h1-11,24H,12-13H2,(H,20,22)(H,21,23)/b11-10+. The van der Waals surface area contributed by atoms with Crippen molar-refractivity contribution in [2.24, 2.45) is 0 Å². The minimum absolute atomic E-state index is 0.112. The summed E-state index contributed by atoms with van der Waals surface area (Å²) in [6.07, 6.45) is 3.25. The van der Waals surface area contributed by atoms with Crippen molar-refractivity contribution in [3.05, 3.63) is 71.8 Å². The van der Waals surface area contributed by atoms with Gasteiger partial charge in [0.25, 0.3) is 5.91 Å². The summed E-state index contributed by atoms with van der Waals surface area (Å²) in [5, 5.41) is 16.0. The molecule has 0 aliphatic carbocycles. The molecular weight excluding hydrogens is 304 g/mol. The Bertz CT molecular complexity index is 786. The number of para-hydroxylation sites is 1. The molecule has 5 heteroatoms. The third kappa shape index (κ3) is 3.21. The van der Waals surface area contributed by atoms with E-state index in [0.717, 1.165) is 5.56 Å². The monoisotopic (exact) mass is 322 g/mol. The summed E-state index contributed by atoms with van der Waals surface area (Å²) in [4.78, 5) is 23.9. The Balaban J connectivity index is 1.57. The molecule has 0 radical (unpaired) electrons. The van der Waals surface area contributed by atoms with Gasteiger partial charge in [-0.2, -0.15) is 0 Å². The molecule has 0 spiro atoms. The van der Waals surface area contributed by atoms with Crippen LogP contribution in [0.4, 0.5) is 5.69 Å². The summed E-state index contributed by atoms with van der Waals surface area (Å²) >= 11 is 0. The fraction of sp³-hybridized carbons (Fsp3) is 0.158. The van der Waals surface area contributed by atoms with E-state index in [-0.39, 0.29) is 18.9 Å². The number of carbonyl (C=O) groups is 2. The topological polar surface area (TPSA) is 78.4 Å². The predicted molar refractivity (Wildman–Crippen MR) is 92.1 cm³/mol. The van der Waals surface area contributed by atoms with E-state index >= 15 is 0 Å². The van der Waals surface area contributed by atoms with Crippen LogP contribution in [0.1, 0.15) is 17.5 Å². The van der Waals surface area contributed by atoms with Gasteiger partial charge in [-0.1, -0.05) is 48.5 Å². The van der Waals surface area contributed by atoms with Crippen molar-refractivity contribution >= 4 is 23.6 Å². The van der Waals surface area contributed by atoms with Gasteiger partial charge in [0.1, 0.15) is 0 Å². The third-order valence-electron chi connectivity index (χ3n) is 4.01. The number of aliphatic hydroxyl groups is 1. The van der Waals surface area contributed by atoms with Gasteiger partial charge in [0.15, 0.2) is 5.60 Å². The number of hydrogen-bond donors (Lipinski definition) is 3. The normalized spacial score (nSPS) is 19.1. The Kier molecular flexibility index (Phi) is 4.44. The Labute approximate surface area is 140 Å². The van der Waals surface area contributed by atoms with Crippen molar-refractivity contribution in [1.82, 2.24) is 5.32 Å². The van der Waals surface area contributed by atoms with Crippen LogP contribution in [-0.4, -0.2) is 23.5 Å². The van der Waals surface area contributed by atoms with Crippen molar-refractivity contribution in [3.63, 3.8) is 0 Å². The first-order chi connectivity index (χ1) is 11.6. The molecule has 0 saturated carbocycles. The average Bonchev–Trinajstić information content (AvgIpc) is 2.85. The quantitative estimate of drug-likeness (QED) is 0.737. The highest BCUT2D eigenvalue weighted by molar-refractivity contribution is 6.04. The van der Waals surface area contributed by atoms with Crippen molar-refractivity contribution in [1.29, 1.82) is 0 Å². The first-order valence-corrected chi connectivity index (χ1v) is 7.74. The van der Waals surface area contributed by atoms with Crippen LogP contribution in [-0.2, 0) is 15.2 Å². The van der Waals surface area contributed by atoms with Crippen LogP contribution < -0.4 is 10.6 Å². The van der Waals surface area contributed by atoms with Gasteiger partial charge >= 0.3 is 0 Å². The van der Waals surface area contributed by atoms with Gasteiger partial charge in [-0.15, -0.1) is 0 Å². The molecule has 1 aliphatic rings. The second-order valence-corrected chi connectivity index (χ2v) is 5.65. The molecule has 1 heterocycles. The van der Waals surface area contributed by atoms with Crippen LogP contribution in [0, 0.1) is 0 Å². The number of carbonyl (C=O) groups excluding carboxylic acids is 2. The molecule has 3 rings (SSSR count). The maximum atomic E-state index is 12.1. The van der Waals surface area contributed by atoms with E-state index in [0.29, 0.717) is 11.3 Å². The highest BCUT2D eigenvalue weighted by atomic mass is 16.3. The molecule has 0 bridgehead atoms. The van der Waals surface area contributed by atoms with E-state index in [1.165, 1.54) is 6.08 Å². The zero-order valence-corrected chi connectivity index (χ0v) is 13.0. The number of rotatable bonds is 5. The van der Waals surface area contributed by atoms with Crippen LogP contribution in [0.15, 0.2) is 60.7 Å². The second-order valence-electron chi connectivity index (χ2n) is 5.65. The van der Waals surface area contributed by atoms with Crippen LogP contribution in [0.3, 0.4) is 0 Å². The lowest BCUT2D eigenvalue weighted by Crippen LogP contribution is -2.38. The molecule has 0 saturated heterocycles. The maximum absolute atomic E-state index is 12.1. The molecule has 0 aromatic heterocycles. The third-order valence-corrected chi connectivity index (χ3v) is 4.01. The van der Waals surface area contributed by atoms with Gasteiger partial charge in [-0.25, -0.2) is 0 Å². The maximum Gasteiger partial charge on any atom is 0.261 e. The summed E-state index contributed by atoms with van der Waals surface area (Å²) in [7, 11) is 0. The molecule has 0 fully saturated rings. The first-order valence-electron chi connectivity index (χ1n) is 7.74. The fourth-order valence-corrected chi connectivity index (χ4v) is 2.71. The number of benzene rings is 2. The molecule has 2 aromatic carbocycles. The molecule has 1 aliphatic heterocycles. The van der Waals surface area contributed by atoms with Crippen LogP contribution in [0.5, 0.6) is 0 Å². The Hall–Kier alpha value is -2.92. The van der Waals surface area contributed by atoms with Gasteiger partial charge < -0.3 is 15.7 Å². The van der Waals surface area contributed by atoms with Gasteiger partial charge in [0, 0.05) is 30.3 Å².